The van der Waals surface area contributed by atoms with E-state index in [1.54, 1.807) is 13.8 Å². The minimum absolute atomic E-state index is 0.0918. The molecule has 0 fully saturated rings. The van der Waals surface area contributed by atoms with Crippen LogP contribution in [0.2, 0.25) is 10.0 Å². The van der Waals surface area contributed by atoms with Crippen molar-refractivity contribution in [1.29, 1.82) is 5.26 Å². The molecule has 0 amide bonds. The lowest BCUT2D eigenvalue weighted by atomic mass is 10.2. The van der Waals surface area contributed by atoms with Gasteiger partial charge in [0.15, 0.2) is 22.3 Å². The van der Waals surface area contributed by atoms with Crippen molar-refractivity contribution in [2.45, 2.75) is 30.4 Å². The van der Waals surface area contributed by atoms with Crippen molar-refractivity contribution in [3.05, 3.63) is 44.6 Å². The standard InChI is InChI=1S/C18H12Cl2F6N4O2S2/c1-8-6-29(33(31)7-9(8)2)16-15(34(32)18(24,25)26)13(5-27)28-30(16)14-11(19)3-10(4-12(14)20)17(21,22)23/h3-4H,6-7H2,1-2H3. The van der Waals surface area contributed by atoms with Crippen molar-refractivity contribution in [2.24, 2.45) is 0 Å². The molecule has 0 bridgehead atoms. The fourth-order valence-electron chi connectivity index (χ4n) is 3.04. The number of rotatable bonds is 3. The number of aromatic nitrogens is 2. The maximum Gasteiger partial charge on any atom is 0.476 e. The number of hydrogen-bond donors (Lipinski definition) is 0. The Hall–Kier alpha value is -2.08. The third-order valence-corrected chi connectivity index (χ3v) is 8.02. The number of nitrogens with zero attached hydrogens (tertiary/aromatic N) is 4. The summed E-state index contributed by atoms with van der Waals surface area (Å²) in [5.74, 6) is -0.771. The van der Waals surface area contributed by atoms with Crippen molar-refractivity contribution in [3.8, 4) is 11.8 Å². The van der Waals surface area contributed by atoms with Gasteiger partial charge in [0, 0.05) is 0 Å². The second-order valence-corrected chi connectivity index (χ2v) is 10.7. The van der Waals surface area contributed by atoms with Crippen LogP contribution in [0.3, 0.4) is 0 Å². The molecule has 34 heavy (non-hydrogen) atoms. The molecular weight excluding hydrogens is 553 g/mol. The van der Waals surface area contributed by atoms with E-state index >= 15 is 0 Å². The Balaban J connectivity index is 2.41. The van der Waals surface area contributed by atoms with Crippen molar-refractivity contribution in [3.63, 3.8) is 0 Å². The smallest absolute Gasteiger partial charge is 0.270 e. The Bertz CT molecular complexity index is 1270. The maximum atomic E-state index is 13.5. The van der Waals surface area contributed by atoms with E-state index in [0.29, 0.717) is 28.0 Å². The van der Waals surface area contributed by atoms with Gasteiger partial charge in [0.25, 0.3) is 0 Å². The van der Waals surface area contributed by atoms with Crippen LogP contribution in [0.4, 0.5) is 32.2 Å². The molecule has 2 aromatic rings. The first kappa shape index (κ1) is 26.5. The minimum Gasteiger partial charge on any atom is -0.270 e. The van der Waals surface area contributed by atoms with Crippen LogP contribution >= 0.6 is 23.2 Å². The van der Waals surface area contributed by atoms with Crippen LogP contribution in [-0.4, -0.2) is 36.0 Å². The Morgan fingerprint density at radius 3 is 2.15 bits per heavy atom. The molecule has 1 aliphatic heterocycles. The van der Waals surface area contributed by atoms with Crippen molar-refractivity contribution in [2.75, 3.05) is 16.6 Å². The quantitative estimate of drug-likeness (QED) is 0.363. The van der Waals surface area contributed by atoms with Gasteiger partial charge in [-0.1, -0.05) is 34.3 Å². The third-order valence-electron chi connectivity index (χ3n) is 4.81. The van der Waals surface area contributed by atoms with Crippen LogP contribution in [0.5, 0.6) is 0 Å². The molecule has 0 spiro atoms. The predicted octanol–water partition coefficient (Wildman–Crippen LogP) is 5.52. The first-order valence-electron chi connectivity index (χ1n) is 8.97. The summed E-state index contributed by atoms with van der Waals surface area (Å²) in [6, 6.07) is 2.35. The first-order chi connectivity index (χ1) is 15.6. The highest BCUT2D eigenvalue weighted by Crippen LogP contribution is 2.43. The lowest BCUT2D eigenvalue weighted by molar-refractivity contribution is -0.137. The molecule has 2 heterocycles. The van der Waals surface area contributed by atoms with Gasteiger partial charge < -0.3 is 0 Å². The lowest BCUT2D eigenvalue weighted by Gasteiger charge is -2.30. The van der Waals surface area contributed by atoms with E-state index in [4.69, 9.17) is 23.2 Å². The van der Waals surface area contributed by atoms with Crippen LogP contribution in [0.1, 0.15) is 25.1 Å². The van der Waals surface area contributed by atoms with E-state index in [-0.39, 0.29) is 12.3 Å². The van der Waals surface area contributed by atoms with Crippen LogP contribution in [0.25, 0.3) is 5.69 Å². The van der Waals surface area contributed by atoms with E-state index in [1.165, 1.54) is 6.07 Å². The molecule has 1 aromatic carbocycles. The van der Waals surface area contributed by atoms with Crippen molar-refractivity contribution < 1.29 is 34.8 Å². The molecule has 0 saturated heterocycles. The Morgan fingerprint density at radius 1 is 1.12 bits per heavy atom. The molecule has 0 aliphatic carbocycles. The maximum absolute atomic E-state index is 13.5. The molecule has 2 atom stereocenters. The zero-order valence-corrected chi connectivity index (χ0v) is 20.2. The van der Waals surface area contributed by atoms with Gasteiger partial charge in [0.05, 0.1) is 27.9 Å². The van der Waals surface area contributed by atoms with E-state index in [0.717, 1.165) is 4.31 Å². The topological polar surface area (TPSA) is 79.0 Å². The summed E-state index contributed by atoms with van der Waals surface area (Å²) in [6.45, 7) is 3.09. The highest BCUT2D eigenvalue weighted by Gasteiger charge is 2.45. The number of benzene rings is 1. The zero-order valence-electron chi connectivity index (χ0n) is 17.0. The van der Waals surface area contributed by atoms with Gasteiger partial charge in [-0.2, -0.15) is 36.7 Å². The minimum atomic E-state index is -5.33. The summed E-state index contributed by atoms with van der Waals surface area (Å²) in [5.41, 5.74) is -6.70. The monoisotopic (exact) mass is 564 g/mol. The largest absolute Gasteiger partial charge is 0.476 e. The summed E-state index contributed by atoms with van der Waals surface area (Å²) in [6.07, 6.45) is -4.84. The van der Waals surface area contributed by atoms with Gasteiger partial charge in [-0.15, -0.1) is 0 Å². The number of nitriles is 1. The van der Waals surface area contributed by atoms with E-state index in [9.17, 15) is 40.0 Å². The second-order valence-electron chi connectivity index (χ2n) is 7.09. The number of anilines is 1. The summed E-state index contributed by atoms with van der Waals surface area (Å²) in [4.78, 5) is -1.11. The molecule has 2 unspecified atom stereocenters. The average molecular weight is 565 g/mol. The first-order valence-corrected chi connectivity index (χ1v) is 12.2. The Kier molecular flexibility index (Phi) is 7.16. The molecule has 3 rings (SSSR count). The summed E-state index contributed by atoms with van der Waals surface area (Å²) in [5, 5.41) is 11.8. The molecule has 1 aromatic heterocycles. The van der Waals surface area contributed by atoms with E-state index in [2.05, 4.69) is 5.10 Å². The van der Waals surface area contributed by atoms with Gasteiger partial charge in [-0.25, -0.2) is 13.1 Å². The van der Waals surface area contributed by atoms with Gasteiger partial charge >= 0.3 is 11.7 Å². The van der Waals surface area contributed by atoms with Crippen molar-refractivity contribution in [1.82, 2.24) is 9.78 Å². The average Bonchev–Trinajstić information content (AvgIpc) is 3.06. The predicted molar refractivity (Wildman–Crippen MR) is 114 cm³/mol. The molecule has 0 N–H and O–H groups in total. The van der Waals surface area contributed by atoms with Crippen molar-refractivity contribution >= 4 is 50.8 Å². The zero-order chi connectivity index (χ0) is 25.7. The Labute approximate surface area is 203 Å². The van der Waals surface area contributed by atoms with E-state index < -0.39 is 71.2 Å². The molecule has 0 radical (unpaired) electrons. The number of alkyl halides is 6. The SMILES string of the molecule is CC1=C(C)CS(=O)N(c2c(S(=O)C(F)(F)F)c(C#N)nn2-c2c(Cl)cc(C(F)(F)F)cc2Cl)C1. The molecule has 0 saturated carbocycles. The van der Waals surface area contributed by atoms with E-state index in [1.807, 2.05) is 0 Å². The van der Waals surface area contributed by atoms with Crippen LogP contribution in [0.15, 0.2) is 28.2 Å². The normalized spacial score (nSPS) is 18.3. The Morgan fingerprint density at radius 2 is 1.68 bits per heavy atom. The molecule has 184 valence electrons. The third kappa shape index (κ3) is 4.84. The van der Waals surface area contributed by atoms with Crippen LogP contribution < -0.4 is 4.31 Å². The highest BCUT2D eigenvalue weighted by atomic mass is 35.5. The second kappa shape index (κ2) is 9.18. The van der Waals surface area contributed by atoms with Crippen LogP contribution in [0, 0.1) is 11.3 Å². The van der Waals surface area contributed by atoms with Gasteiger partial charge in [-0.05, 0) is 26.0 Å². The van der Waals surface area contributed by atoms with Gasteiger partial charge in [0.2, 0.25) is 0 Å². The highest BCUT2D eigenvalue weighted by molar-refractivity contribution is 7.87. The fraction of sp³-hybridized carbons (Fsp3) is 0.333. The summed E-state index contributed by atoms with van der Waals surface area (Å²) < 4.78 is 107. The van der Waals surface area contributed by atoms with Gasteiger partial charge in [-0.3, -0.25) is 4.31 Å². The molecule has 6 nitrogen and oxygen atoms in total. The molecule has 16 heteroatoms. The molecular formula is C18H12Cl2F6N4O2S2. The number of hydrogen-bond acceptors (Lipinski definition) is 4. The van der Waals surface area contributed by atoms with Crippen LogP contribution in [-0.2, 0) is 28.0 Å². The lowest BCUT2D eigenvalue weighted by Crippen LogP contribution is -2.36. The fourth-order valence-corrected chi connectivity index (χ4v) is 6.07. The van der Waals surface area contributed by atoms with Gasteiger partial charge in [0.1, 0.15) is 27.6 Å². The summed E-state index contributed by atoms with van der Waals surface area (Å²) >= 11 is 12.0. The molecule has 1 aliphatic rings. The summed E-state index contributed by atoms with van der Waals surface area (Å²) in [7, 11) is -5.81. The number of halogens is 8.